The van der Waals surface area contributed by atoms with E-state index in [4.69, 9.17) is 9.05 Å². The zero-order chi connectivity index (χ0) is 24.4. The molecule has 190 valence electrons. The van der Waals surface area contributed by atoms with Gasteiger partial charge in [-0.15, -0.1) is 0 Å². The van der Waals surface area contributed by atoms with E-state index in [1.165, 1.54) is 0 Å². The fourth-order valence-corrected chi connectivity index (χ4v) is 6.36. The van der Waals surface area contributed by atoms with Crippen LogP contribution in [0.2, 0.25) is 0 Å². The van der Waals surface area contributed by atoms with E-state index in [1.807, 2.05) is 0 Å². The van der Waals surface area contributed by atoms with Crippen molar-refractivity contribution in [3.05, 3.63) is 0 Å². The molecule has 0 aromatic heterocycles. The lowest BCUT2D eigenvalue weighted by molar-refractivity contribution is -0.126. The van der Waals surface area contributed by atoms with E-state index < -0.39 is 43.4 Å². The number of hydrogen-bond acceptors (Lipinski definition) is 7. The van der Waals surface area contributed by atoms with Crippen molar-refractivity contribution in [3.8, 4) is 0 Å². The predicted molar refractivity (Wildman–Crippen MR) is 121 cm³/mol. The van der Waals surface area contributed by atoms with Crippen LogP contribution in [0.1, 0.15) is 65.2 Å². The molecule has 2 rings (SSSR count). The minimum atomic E-state index is -4.02. The van der Waals surface area contributed by atoms with Crippen molar-refractivity contribution in [2.24, 2.45) is 11.8 Å². The van der Waals surface area contributed by atoms with Gasteiger partial charge in [0.25, 0.3) is 0 Å². The molecule has 12 heteroatoms. The maximum absolute atomic E-state index is 13.2. The van der Waals surface area contributed by atoms with Gasteiger partial charge in [-0.3, -0.25) is 14.2 Å². The first-order valence-corrected chi connectivity index (χ1v) is 13.5. The molecule has 11 nitrogen and oxygen atoms in total. The van der Waals surface area contributed by atoms with E-state index in [2.05, 4.69) is 16.0 Å². The fraction of sp³-hybridized carbons (Fsp3) is 0.857. The summed E-state index contributed by atoms with van der Waals surface area (Å²) in [6.07, 6.45) is 4.57. The average molecular weight is 492 g/mol. The number of carbonyl (C=O) groups excluding carboxylic acids is 2. The van der Waals surface area contributed by atoms with Crippen LogP contribution in [0.15, 0.2) is 0 Å². The quantitative estimate of drug-likeness (QED) is 0.245. The van der Waals surface area contributed by atoms with Gasteiger partial charge >= 0.3 is 13.7 Å². The van der Waals surface area contributed by atoms with Crippen LogP contribution in [0.25, 0.3) is 0 Å². The summed E-state index contributed by atoms with van der Waals surface area (Å²) >= 11 is 0. The Morgan fingerprint density at radius 3 is 2.24 bits per heavy atom. The molecule has 0 aromatic carbocycles. The summed E-state index contributed by atoms with van der Waals surface area (Å²) in [4.78, 5) is 36.6. The predicted octanol–water partition coefficient (Wildman–Crippen LogP) is 2.19. The van der Waals surface area contributed by atoms with Crippen LogP contribution >= 0.6 is 7.60 Å². The van der Waals surface area contributed by atoms with Crippen molar-refractivity contribution in [1.82, 2.24) is 16.0 Å². The topological polar surface area (TPSA) is 163 Å². The van der Waals surface area contributed by atoms with Crippen molar-refractivity contribution in [2.75, 3.05) is 19.8 Å². The van der Waals surface area contributed by atoms with E-state index in [0.717, 1.165) is 32.1 Å². The number of rotatable bonds is 13. The van der Waals surface area contributed by atoms with Gasteiger partial charge in [-0.05, 0) is 39.0 Å². The zero-order valence-corrected chi connectivity index (χ0v) is 20.4. The standard InChI is InChI=1S/C21H38N3O8P/c1-3-31-33(30,32-4-2)20(27)17(13-15-10-11-22-18(15)25)23-19(26)16(24-21(28)29)12-14-8-6-5-7-9-14/h14-17,20,24,27H,3-13H2,1-2H3,(H,22,25)(H,23,26)(H,28,29)/t15-,16?,17?,20?/m0/s1. The van der Waals surface area contributed by atoms with Gasteiger partial charge in [0.1, 0.15) is 6.04 Å². The molecule has 1 aliphatic carbocycles. The number of amides is 3. The molecule has 5 N–H and O–H groups in total. The van der Waals surface area contributed by atoms with Gasteiger partial charge in [0.2, 0.25) is 11.8 Å². The zero-order valence-electron chi connectivity index (χ0n) is 19.5. The maximum atomic E-state index is 13.2. The van der Waals surface area contributed by atoms with E-state index in [9.17, 15) is 29.2 Å². The van der Waals surface area contributed by atoms with E-state index in [1.54, 1.807) is 13.8 Å². The second-order valence-corrected chi connectivity index (χ2v) is 10.8. The Morgan fingerprint density at radius 2 is 1.73 bits per heavy atom. The van der Waals surface area contributed by atoms with E-state index in [0.29, 0.717) is 19.4 Å². The third kappa shape index (κ3) is 8.24. The number of carboxylic acid groups (broad SMARTS) is 1. The van der Waals surface area contributed by atoms with Crippen LogP contribution in [0, 0.1) is 11.8 Å². The van der Waals surface area contributed by atoms with Crippen molar-refractivity contribution in [2.45, 2.75) is 83.1 Å². The molecule has 4 atom stereocenters. The minimum Gasteiger partial charge on any atom is -0.465 e. The molecule has 1 saturated heterocycles. The highest BCUT2D eigenvalue weighted by atomic mass is 31.2. The Bertz CT molecular complexity index is 706. The molecule has 3 amide bonds. The monoisotopic (exact) mass is 491 g/mol. The van der Waals surface area contributed by atoms with Crippen LogP contribution in [0.5, 0.6) is 0 Å². The summed E-state index contributed by atoms with van der Waals surface area (Å²) < 4.78 is 23.7. The largest absolute Gasteiger partial charge is 0.465 e. The lowest BCUT2D eigenvalue weighted by Gasteiger charge is -2.32. The molecule has 33 heavy (non-hydrogen) atoms. The number of carbonyl (C=O) groups is 3. The normalized spacial score (nSPS) is 22.3. The smallest absolute Gasteiger partial charge is 0.405 e. The number of hydrogen-bond donors (Lipinski definition) is 5. The van der Waals surface area contributed by atoms with Crippen molar-refractivity contribution in [3.63, 3.8) is 0 Å². The third-order valence-electron chi connectivity index (χ3n) is 6.24. The van der Waals surface area contributed by atoms with Crippen molar-refractivity contribution >= 4 is 25.5 Å². The van der Waals surface area contributed by atoms with Crippen LogP contribution in [-0.4, -0.2) is 65.8 Å². The lowest BCUT2D eigenvalue weighted by atomic mass is 9.84. The maximum Gasteiger partial charge on any atom is 0.405 e. The molecule has 1 heterocycles. The summed E-state index contributed by atoms with van der Waals surface area (Å²) in [5.74, 6) is -2.85. The summed E-state index contributed by atoms with van der Waals surface area (Å²) in [5.41, 5.74) is 0. The summed E-state index contributed by atoms with van der Waals surface area (Å²) in [6.45, 7) is 3.72. The highest BCUT2D eigenvalue weighted by Crippen LogP contribution is 2.53. The molecule has 1 aliphatic heterocycles. The SMILES string of the molecule is CCOP(=O)(OCC)C(O)C(C[C@@H]1CCNC1=O)NC(=O)C(CC1CCCCC1)NC(=O)O. The minimum absolute atomic E-state index is 0.0177. The first-order valence-electron chi connectivity index (χ1n) is 11.8. The molecular weight excluding hydrogens is 453 g/mol. The second-order valence-electron chi connectivity index (χ2n) is 8.66. The Kier molecular flexibility index (Phi) is 11.1. The van der Waals surface area contributed by atoms with Gasteiger partial charge < -0.3 is 35.2 Å². The molecule has 2 aliphatic rings. The van der Waals surface area contributed by atoms with Gasteiger partial charge in [-0.2, -0.15) is 0 Å². The van der Waals surface area contributed by atoms with Crippen molar-refractivity contribution < 1.29 is 38.2 Å². The van der Waals surface area contributed by atoms with Gasteiger partial charge in [0.15, 0.2) is 5.85 Å². The molecule has 0 spiro atoms. The van der Waals surface area contributed by atoms with Crippen LogP contribution in [-0.2, 0) is 23.2 Å². The van der Waals surface area contributed by atoms with Crippen LogP contribution in [0.4, 0.5) is 4.79 Å². The highest BCUT2D eigenvalue weighted by Gasteiger charge is 2.43. The Balaban J connectivity index is 2.21. The van der Waals surface area contributed by atoms with Crippen molar-refractivity contribution in [1.29, 1.82) is 0 Å². The first kappa shape index (κ1) is 27.6. The molecule has 3 unspecified atom stereocenters. The number of aliphatic hydroxyl groups is 1. The highest BCUT2D eigenvalue weighted by molar-refractivity contribution is 7.54. The molecule has 0 bridgehead atoms. The van der Waals surface area contributed by atoms with Crippen LogP contribution < -0.4 is 16.0 Å². The number of nitrogens with one attached hydrogen (secondary N) is 3. The molecule has 1 saturated carbocycles. The van der Waals surface area contributed by atoms with Gasteiger partial charge in [-0.25, -0.2) is 4.79 Å². The number of aliphatic hydroxyl groups excluding tert-OH is 1. The summed E-state index contributed by atoms with van der Waals surface area (Å²) in [5, 5.41) is 27.9. The summed E-state index contributed by atoms with van der Waals surface area (Å²) in [7, 11) is -4.02. The Morgan fingerprint density at radius 1 is 1.09 bits per heavy atom. The molecule has 0 aromatic rings. The molecular formula is C21H38N3O8P. The van der Waals surface area contributed by atoms with Gasteiger partial charge in [0.05, 0.1) is 19.3 Å². The van der Waals surface area contributed by atoms with E-state index >= 15 is 0 Å². The Labute approximate surface area is 194 Å². The van der Waals surface area contributed by atoms with Gasteiger partial charge in [0, 0.05) is 12.5 Å². The second kappa shape index (κ2) is 13.3. The van der Waals surface area contributed by atoms with Gasteiger partial charge in [-0.1, -0.05) is 32.1 Å². The average Bonchev–Trinajstić information content (AvgIpc) is 3.17. The molecule has 2 fully saturated rings. The van der Waals surface area contributed by atoms with Crippen LogP contribution in [0.3, 0.4) is 0 Å². The fourth-order valence-electron chi connectivity index (χ4n) is 4.62. The summed E-state index contributed by atoms with van der Waals surface area (Å²) in [6, 6.07) is -2.16. The lowest BCUT2D eigenvalue weighted by Crippen LogP contribution is -2.53. The third-order valence-corrected chi connectivity index (χ3v) is 8.48. The first-order chi connectivity index (χ1) is 15.7. The molecule has 0 radical (unpaired) electrons. The van der Waals surface area contributed by atoms with E-state index in [-0.39, 0.29) is 31.5 Å². The Hall–Kier alpha value is -1.68.